The molecule has 0 saturated heterocycles. The number of hydrogen-bond acceptors (Lipinski definition) is 4. The van der Waals surface area contributed by atoms with Gasteiger partial charge >= 0.3 is 5.97 Å². The van der Waals surface area contributed by atoms with Crippen molar-refractivity contribution in [1.29, 1.82) is 0 Å². The van der Waals surface area contributed by atoms with Gasteiger partial charge in [-0.2, -0.15) is 0 Å². The van der Waals surface area contributed by atoms with Crippen LogP contribution in [0.5, 0.6) is 0 Å². The van der Waals surface area contributed by atoms with Crippen molar-refractivity contribution < 1.29 is 14.3 Å². The zero-order valence-electron chi connectivity index (χ0n) is 12.1. The molecule has 1 aliphatic carbocycles. The van der Waals surface area contributed by atoms with Crippen molar-refractivity contribution in [3.63, 3.8) is 0 Å². The maximum atomic E-state index is 12.3. The Morgan fingerprint density at radius 3 is 2.90 bits per heavy atom. The predicted octanol–water partition coefficient (Wildman–Crippen LogP) is 2.40. The third kappa shape index (κ3) is 2.40. The highest BCUT2D eigenvalue weighted by atomic mass is 16.6. The Labute approximate surface area is 119 Å². The summed E-state index contributed by atoms with van der Waals surface area (Å²) in [5.74, 6) is -0.234. The van der Waals surface area contributed by atoms with Crippen LogP contribution in [0.15, 0.2) is 18.2 Å². The first-order valence-corrected chi connectivity index (χ1v) is 7.27. The molecule has 1 aromatic carbocycles. The summed E-state index contributed by atoms with van der Waals surface area (Å²) in [4.78, 5) is 14.5. The van der Waals surface area contributed by atoms with Crippen LogP contribution in [-0.4, -0.2) is 38.9 Å². The van der Waals surface area contributed by atoms with Gasteiger partial charge in [-0.3, -0.25) is 0 Å². The predicted molar refractivity (Wildman–Crippen MR) is 77.3 cm³/mol. The molecule has 1 aromatic rings. The summed E-state index contributed by atoms with van der Waals surface area (Å²) < 4.78 is 11.0. The highest BCUT2D eigenvalue weighted by Crippen LogP contribution is 2.29. The zero-order chi connectivity index (χ0) is 14.1. The molecule has 0 radical (unpaired) electrons. The van der Waals surface area contributed by atoms with E-state index in [1.54, 1.807) is 7.11 Å². The van der Waals surface area contributed by atoms with Gasteiger partial charge in [0.25, 0.3) is 0 Å². The average molecular weight is 275 g/mol. The number of ether oxygens (including phenoxy) is 2. The second-order valence-electron chi connectivity index (χ2n) is 5.66. The van der Waals surface area contributed by atoms with Gasteiger partial charge in [0.05, 0.1) is 11.7 Å². The van der Waals surface area contributed by atoms with Gasteiger partial charge in [0, 0.05) is 26.4 Å². The van der Waals surface area contributed by atoms with Gasteiger partial charge < -0.3 is 14.4 Å². The van der Waals surface area contributed by atoms with Gasteiger partial charge in [0.1, 0.15) is 6.10 Å². The van der Waals surface area contributed by atoms with Crippen molar-refractivity contribution in [2.45, 2.75) is 37.9 Å². The molecule has 1 aliphatic heterocycles. The topological polar surface area (TPSA) is 38.8 Å². The number of carbonyl (C=O) groups excluding carboxylic acids is 1. The maximum absolute atomic E-state index is 12.3. The van der Waals surface area contributed by atoms with Crippen LogP contribution in [0.1, 0.15) is 35.2 Å². The van der Waals surface area contributed by atoms with Crippen LogP contribution >= 0.6 is 0 Å². The smallest absolute Gasteiger partial charge is 0.338 e. The normalized spacial score (nSPS) is 24.8. The van der Waals surface area contributed by atoms with E-state index in [0.717, 1.165) is 37.9 Å². The van der Waals surface area contributed by atoms with Gasteiger partial charge in [-0.15, -0.1) is 0 Å². The van der Waals surface area contributed by atoms with E-state index in [9.17, 15) is 4.79 Å². The molecule has 2 aliphatic rings. The van der Waals surface area contributed by atoms with Crippen LogP contribution in [-0.2, 0) is 15.9 Å². The van der Waals surface area contributed by atoms with E-state index in [4.69, 9.17) is 9.47 Å². The fourth-order valence-electron chi connectivity index (χ4n) is 3.17. The lowest BCUT2D eigenvalue weighted by Crippen LogP contribution is -2.27. The first kappa shape index (κ1) is 13.4. The largest absolute Gasteiger partial charge is 0.456 e. The van der Waals surface area contributed by atoms with Crippen molar-refractivity contribution in [2.75, 3.05) is 25.6 Å². The summed E-state index contributed by atoms with van der Waals surface area (Å²) in [5, 5.41) is 0. The van der Waals surface area contributed by atoms with Crippen molar-refractivity contribution in [3.05, 3.63) is 29.3 Å². The van der Waals surface area contributed by atoms with Crippen molar-refractivity contribution in [2.24, 2.45) is 0 Å². The van der Waals surface area contributed by atoms with Crippen LogP contribution in [0.4, 0.5) is 5.69 Å². The molecule has 3 rings (SSSR count). The number of nitrogens with zero attached hydrogens (tertiary/aromatic N) is 1. The van der Waals surface area contributed by atoms with E-state index in [1.807, 2.05) is 18.2 Å². The lowest BCUT2D eigenvalue weighted by Gasteiger charge is -2.19. The molecular weight excluding hydrogens is 254 g/mol. The number of methoxy groups -OCH3 is 1. The SMILES string of the molecule is CO[C@@H]1CCC[C@@H]1OC(=O)c1ccc2c(c1)N(C)CC2. The fraction of sp³-hybridized carbons (Fsp3) is 0.562. The molecule has 0 amide bonds. The average Bonchev–Trinajstić information content (AvgIpc) is 3.05. The van der Waals surface area contributed by atoms with Crippen LogP contribution in [0.25, 0.3) is 0 Å². The maximum Gasteiger partial charge on any atom is 0.338 e. The minimum atomic E-state index is -0.234. The number of carbonyl (C=O) groups is 1. The van der Waals surface area contributed by atoms with E-state index in [1.165, 1.54) is 5.56 Å². The molecular formula is C16H21NO3. The second kappa shape index (κ2) is 5.44. The van der Waals surface area contributed by atoms with E-state index in [0.29, 0.717) is 5.56 Å². The van der Waals surface area contributed by atoms with E-state index < -0.39 is 0 Å². The third-order valence-electron chi connectivity index (χ3n) is 4.40. The molecule has 20 heavy (non-hydrogen) atoms. The molecule has 1 saturated carbocycles. The Morgan fingerprint density at radius 2 is 2.10 bits per heavy atom. The second-order valence-corrected chi connectivity index (χ2v) is 5.66. The highest BCUT2D eigenvalue weighted by Gasteiger charge is 2.31. The molecule has 4 heteroatoms. The monoisotopic (exact) mass is 275 g/mol. The van der Waals surface area contributed by atoms with Crippen LogP contribution in [0, 0.1) is 0 Å². The standard InChI is InChI=1S/C16H21NO3/c1-17-9-8-11-6-7-12(10-13(11)17)16(18)20-15-5-3-4-14(15)19-2/h6-7,10,14-15H,3-5,8-9H2,1-2H3/t14-,15+/m1/s1. The lowest BCUT2D eigenvalue weighted by atomic mass is 10.1. The molecule has 0 aromatic heterocycles. The number of esters is 1. The molecule has 1 heterocycles. The quantitative estimate of drug-likeness (QED) is 0.794. The summed E-state index contributed by atoms with van der Waals surface area (Å²) in [5.41, 5.74) is 3.09. The van der Waals surface area contributed by atoms with Crippen molar-refractivity contribution >= 4 is 11.7 Å². The summed E-state index contributed by atoms with van der Waals surface area (Å²) in [6, 6.07) is 5.86. The third-order valence-corrected chi connectivity index (χ3v) is 4.40. The first-order valence-electron chi connectivity index (χ1n) is 7.27. The molecule has 0 spiro atoms. The number of benzene rings is 1. The Kier molecular flexibility index (Phi) is 3.66. The van der Waals surface area contributed by atoms with Crippen molar-refractivity contribution in [1.82, 2.24) is 0 Å². The Morgan fingerprint density at radius 1 is 1.30 bits per heavy atom. The van der Waals surface area contributed by atoms with Gasteiger partial charge in [-0.05, 0) is 43.4 Å². The van der Waals surface area contributed by atoms with E-state index in [2.05, 4.69) is 11.9 Å². The van der Waals surface area contributed by atoms with Gasteiger partial charge in [-0.25, -0.2) is 4.79 Å². The Hall–Kier alpha value is -1.55. The molecule has 0 bridgehead atoms. The minimum absolute atomic E-state index is 0.0519. The number of likely N-dealkylation sites (N-methyl/N-ethyl adjacent to an activating group) is 1. The van der Waals surface area contributed by atoms with E-state index >= 15 is 0 Å². The van der Waals surface area contributed by atoms with Gasteiger partial charge in [0.2, 0.25) is 0 Å². The molecule has 108 valence electrons. The summed E-state index contributed by atoms with van der Waals surface area (Å²) in [6.45, 7) is 1.02. The molecule has 1 fully saturated rings. The van der Waals surface area contributed by atoms with Gasteiger partial charge in [0.15, 0.2) is 0 Å². The number of rotatable bonds is 3. The van der Waals surface area contributed by atoms with Crippen LogP contribution in [0.2, 0.25) is 0 Å². The van der Waals surface area contributed by atoms with Gasteiger partial charge in [-0.1, -0.05) is 6.07 Å². The lowest BCUT2D eigenvalue weighted by molar-refractivity contribution is -0.0206. The van der Waals surface area contributed by atoms with Crippen LogP contribution < -0.4 is 4.90 Å². The van der Waals surface area contributed by atoms with Crippen LogP contribution in [0.3, 0.4) is 0 Å². The van der Waals surface area contributed by atoms with E-state index in [-0.39, 0.29) is 18.2 Å². The Balaban J connectivity index is 1.73. The minimum Gasteiger partial charge on any atom is -0.456 e. The number of fused-ring (bicyclic) bond motifs is 1. The highest BCUT2D eigenvalue weighted by molar-refractivity contribution is 5.91. The molecule has 2 atom stereocenters. The number of anilines is 1. The Bertz CT molecular complexity index is 514. The molecule has 0 N–H and O–H groups in total. The summed E-state index contributed by atoms with van der Waals surface area (Å²) >= 11 is 0. The number of hydrogen-bond donors (Lipinski definition) is 0. The molecule has 0 unspecified atom stereocenters. The summed E-state index contributed by atoms with van der Waals surface area (Å²) in [6.07, 6.45) is 3.93. The zero-order valence-corrected chi connectivity index (χ0v) is 12.1. The molecule has 4 nitrogen and oxygen atoms in total. The fourth-order valence-corrected chi connectivity index (χ4v) is 3.17. The first-order chi connectivity index (χ1) is 9.69. The van der Waals surface area contributed by atoms with Crippen molar-refractivity contribution in [3.8, 4) is 0 Å². The summed E-state index contributed by atoms with van der Waals surface area (Å²) in [7, 11) is 3.74.